The molecule has 112 valence electrons. The third-order valence-electron chi connectivity index (χ3n) is 3.84. The molecule has 2 rings (SSSR count). The highest BCUT2D eigenvalue weighted by atomic mass is 16.5. The number of nitrogens with one attached hydrogen (secondary N) is 1. The van der Waals surface area contributed by atoms with Crippen LogP contribution in [0.2, 0.25) is 0 Å². The first-order chi connectivity index (χ1) is 9.74. The van der Waals surface area contributed by atoms with Crippen molar-refractivity contribution in [1.82, 2.24) is 5.32 Å². The number of rotatable bonds is 7. The predicted molar refractivity (Wildman–Crippen MR) is 82.2 cm³/mol. The second-order valence-electron chi connectivity index (χ2n) is 5.59. The number of hydrogen-bond acceptors (Lipinski definition) is 3. The topological polar surface area (TPSA) is 30.5 Å². The van der Waals surface area contributed by atoms with Crippen LogP contribution in [-0.2, 0) is 4.74 Å². The van der Waals surface area contributed by atoms with E-state index < -0.39 is 0 Å². The van der Waals surface area contributed by atoms with Crippen molar-refractivity contribution in [3.8, 4) is 5.75 Å². The molecule has 0 aromatic heterocycles. The Balaban J connectivity index is 2.04. The highest BCUT2D eigenvalue weighted by molar-refractivity contribution is 5.29. The van der Waals surface area contributed by atoms with Crippen molar-refractivity contribution in [2.24, 2.45) is 5.92 Å². The van der Waals surface area contributed by atoms with Crippen LogP contribution in [0.25, 0.3) is 0 Å². The molecule has 20 heavy (non-hydrogen) atoms. The molecule has 3 atom stereocenters. The van der Waals surface area contributed by atoms with E-state index in [1.165, 1.54) is 5.56 Å². The van der Waals surface area contributed by atoms with Gasteiger partial charge in [0.15, 0.2) is 0 Å². The molecule has 0 radical (unpaired) electrons. The Bertz CT molecular complexity index is 390. The van der Waals surface area contributed by atoms with E-state index >= 15 is 0 Å². The van der Waals surface area contributed by atoms with Gasteiger partial charge in [-0.25, -0.2) is 0 Å². The zero-order valence-corrected chi connectivity index (χ0v) is 12.9. The maximum absolute atomic E-state index is 5.73. The highest BCUT2D eigenvalue weighted by Crippen LogP contribution is 2.32. The molecule has 0 amide bonds. The fourth-order valence-electron chi connectivity index (χ4n) is 2.85. The molecule has 3 heteroatoms. The van der Waals surface area contributed by atoms with Crippen molar-refractivity contribution >= 4 is 0 Å². The van der Waals surface area contributed by atoms with E-state index in [1.54, 1.807) is 0 Å². The van der Waals surface area contributed by atoms with Crippen LogP contribution in [0.1, 0.15) is 45.2 Å². The van der Waals surface area contributed by atoms with E-state index in [2.05, 4.69) is 50.4 Å². The molecule has 1 saturated heterocycles. The minimum Gasteiger partial charge on any atom is -0.494 e. The molecule has 3 nitrogen and oxygen atoms in total. The lowest BCUT2D eigenvalue weighted by atomic mass is 9.91. The molecule has 0 aliphatic carbocycles. The van der Waals surface area contributed by atoms with E-state index in [0.29, 0.717) is 18.1 Å². The molecular weight excluding hydrogens is 250 g/mol. The molecule has 0 spiro atoms. The summed E-state index contributed by atoms with van der Waals surface area (Å²) in [4.78, 5) is 0. The van der Waals surface area contributed by atoms with Crippen LogP contribution < -0.4 is 10.1 Å². The molecule has 3 unspecified atom stereocenters. The van der Waals surface area contributed by atoms with Gasteiger partial charge in [0.2, 0.25) is 0 Å². The first-order valence-corrected chi connectivity index (χ1v) is 7.82. The Labute approximate surface area is 122 Å². The van der Waals surface area contributed by atoms with Crippen LogP contribution in [0.3, 0.4) is 0 Å². The van der Waals surface area contributed by atoms with Gasteiger partial charge < -0.3 is 14.8 Å². The first-order valence-electron chi connectivity index (χ1n) is 7.82. The van der Waals surface area contributed by atoms with Crippen LogP contribution in [0.5, 0.6) is 5.75 Å². The maximum atomic E-state index is 5.73. The van der Waals surface area contributed by atoms with Crippen LogP contribution in [0.15, 0.2) is 24.3 Å². The van der Waals surface area contributed by atoms with Gasteiger partial charge in [-0.3, -0.25) is 0 Å². The fraction of sp³-hybridized carbons (Fsp3) is 0.647. The smallest absolute Gasteiger partial charge is 0.119 e. The summed E-state index contributed by atoms with van der Waals surface area (Å²) in [6.07, 6.45) is 2.55. The van der Waals surface area contributed by atoms with Crippen LogP contribution in [0.4, 0.5) is 0 Å². The lowest BCUT2D eigenvalue weighted by molar-refractivity contribution is 0.117. The Morgan fingerprint density at radius 2 is 2.05 bits per heavy atom. The third kappa shape index (κ3) is 3.97. The summed E-state index contributed by atoms with van der Waals surface area (Å²) in [5, 5.41) is 3.60. The average Bonchev–Trinajstić information content (AvgIpc) is 2.89. The first kappa shape index (κ1) is 15.3. The molecule has 1 N–H and O–H groups in total. The van der Waals surface area contributed by atoms with Gasteiger partial charge >= 0.3 is 0 Å². The second-order valence-corrected chi connectivity index (χ2v) is 5.59. The van der Waals surface area contributed by atoms with Gasteiger partial charge in [0, 0.05) is 12.0 Å². The lowest BCUT2D eigenvalue weighted by Crippen LogP contribution is -2.28. The summed E-state index contributed by atoms with van der Waals surface area (Å²) in [6.45, 7) is 9.05. The Kier molecular flexibility index (Phi) is 5.86. The van der Waals surface area contributed by atoms with Gasteiger partial charge in [0.25, 0.3) is 0 Å². The number of benzene rings is 1. The van der Waals surface area contributed by atoms with Crippen molar-refractivity contribution < 1.29 is 9.47 Å². The summed E-state index contributed by atoms with van der Waals surface area (Å²) in [7, 11) is 0. The molecule has 1 fully saturated rings. The monoisotopic (exact) mass is 277 g/mol. The third-order valence-corrected chi connectivity index (χ3v) is 3.84. The molecule has 1 aromatic rings. The number of hydrogen-bond donors (Lipinski definition) is 1. The molecular formula is C17H27NO2. The minimum absolute atomic E-state index is 0.380. The summed E-state index contributed by atoms with van der Waals surface area (Å²) in [6, 6.07) is 8.90. The molecule has 1 aliphatic heterocycles. The van der Waals surface area contributed by atoms with Gasteiger partial charge in [-0.15, -0.1) is 0 Å². The highest BCUT2D eigenvalue weighted by Gasteiger charge is 2.30. The minimum atomic E-state index is 0.380. The molecule has 1 aliphatic rings. The zero-order valence-electron chi connectivity index (χ0n) is 12.9. The summed E-state index contributed by atoms with van der Waals surface area (Å²) in [5.41, 5.74) is 1.33. The predicted octanol–water partition coefficient (Wildman–Crippen LogP) is 3.55. The quantitative estimate of drug-likeness (QED) is 0.826. The molecule has 1 aromatic carbocycles. The lowest BCUT2D eigenvalue weighted by Gasteiger charge is -2.24. The van der Waals surface area contributed by atoms with Crippen molar-refractivity contribution in [3.05, 3.63) is 29.8 Å². The van der Waals surface area contributed by atoms with Gasteiger partial charge in [-0.1, -0.05) is 26.0 Å². The summed E-state index contributed by atoms with van der Waals surface area (Å²) in [5.74, 6) is 1.52. The van der Waals surface area contributed by atoms with Crippen molar-refractivity contribution in [3.63, 3.8) is 0 Å². The fourth-order valence-corrected chi connectivity index (χ4v) is 2.85. The van der Waals surface area contributed by atoms with Crippen LogP contribution >= 0.6 is 0 Å². The van der Waals surface area contributed by atoms with E-state index in [4.69, 9.17) is 9.47 Å². The van der Waals surface area contributed by atoms with Gasteiger partial charge in [0.05, 0.1) is 19.3 Å². The zero-order chi connectivity index (χ0) is 14.4. The van der Waals surface area contributed by atoms with Crippen molar-refractivity contribution in [1.29, 1.82) is 0 Å². The van der Waals surface area contributed by atoms with Crippen LogP contribution in [-0.4, -0.2) is 25.9 Å². The van der Waals surface area contributed by atoms with Crippen LogP contribution in [0, 0.1) is 5.92 Å². The van der Waals surface area contributed by atoms with Gasteiger partial charge in [-0.2, -0.15) is 0 Å². The normalized spacial score (nSPS) is 23.8. The second kappa shape index (κ2) is 7.65. The standard InChI is InChI=1S/C17H27NO2/c1-4-10-19-16-8-6-14(7-9-16)17(18-5-2)15-11-13(3)20-12-15/h6-9,13,15,17-18H,4-5,10-12H2,1-3H3. The Morgan fingerprint density at radius 3 is 2.60 bits per heavy atom. The van der Waals surface area contributed by atoms with E-state index in [9.17, 15) is 0 Å². The van der Waals surface area contributed by atoms with Crippen molar-refractivity contribution in [2.45, 2.75) is 45.8 Å². The van der Waals surface area contributed by atoms with Gasteiger partial charge in [0.1, 0.15) is 5.75 Å². The van der Waals surface area contributed by atoms with E-state index in [1.807, 2.05) is 0 Å². The summed E-state index contributed by atoms with van der Waals surface area (Å²) < 4.78 is 11.4. The largest absolute Gasteiger partial charge is 0.494 e. The Morgan fingerprint density at radius 1 is 1.30 bits per heavy atom. The number of ether oxygens (including phenoxy) is 2. The van der Waals surface area contributed by atoms with E-state index in [0.717, 1.165) is 38.3 Å². The molecule has 1 heterocycles. The molecule has 0 saturated carbocycles. The Hall–Kier alpha value is -1.06. The molecule has 0 bridgehead atoms. The average molecular weight is 277 g/mol. The summed E-state index contributed by atoms with van der Waals surface area (Å²) >= 11 is 0. The maximum Gasteiger partial charge on any atom is 0.119 e. The van der Waals surface area contributed by atoms with E-state index in [-0.39, 0.29) is 0 Å². The van der Waals surface area contributed by atoms with Crippen molar-refractivity contribution in [2.75, 3.05) is 19.8 Å². The SMILES string of the molecule is CCCOc1ccc(C(NCC)C2COC(C)C2)cc1. The van der Waals surface area contributed by atoms with Gasteiger partial charge in [-0.05, 0) is 44.0 Å².